The fourth-order valence-electron chi connectivity index (χ4n) is 2.53. The molecule has 5 nitrogen and oxygen atoms in total. The first-order valence-corrected chi connectivity index (χ1v) is 7.48. The number of nitrogens with zero attached hydrogens (tertiary/aromatic N) is 2. The number of nitrogens with two attached hydrogens (primary N) is 1. The summed E-state index contributed by atoms with van der Waals surface area (Å²) < 4.78 is 5.66. The van der Waals surface area contributed by atoms with Crippen LogP contribution in [0.25, 0.3) is 0 Å². The molecule has 21 heavy (non-hydrogen) atoms. The maximum atomic E-state index is 12.3. The predicted octanol–water partition coefficient (Wildman–Crippen LogP) is 1.09. The van der Waals surface area contributed by atoms with Gasteiger partial charge in [0.25, 0.3) is 5.91 Å². The molecule has 1 aromatic rings. The van der Waals surface area contributed by atoms with Crippen molar-refractivity contribution in [3.05, 3.63) is 30.3 Å². The van der Waals surface area contributed by atoms with Gasteiger partial charge in [-0.25, -0.2) is 0 Å². The van der Waals surface area contributed by atoms with Gasteiger partial charge in [0.05, 0.1) is 6.10 Å². The van der Waals surface area contributed by atoms with Gasteiger partial charge in [-0.2, -0.15) is 0 Å². The van der Waals surface area contributed by atoms with Gasteiger partial charge in [-0.05, 0) is 25.0 Å². The maximum absolute atomic E-state index is 12.3. The van der Waals surface area contributed by atoms with Crippen LogP contribution in [0.15, 0.2) is 30.3 Å². The number of likely N-dealkylation sites (N-methyl/N-ethyl adjacent to an activating group) is 2. The van der Waals surface area contributed by atoms with Crippen LogP contribution >= 0.6 is 0 Å². The molecule has 0 spiro atoms. The number of ether oxygens (including phenoxy) is 1. The molecule has 2 rings (SSSR count). The van der Waals surface area contributed by atoms with Gasteiger partial charge in [0.15, 0.2) is 0 Å². The third-order valence-corrected chi connectivity index (χ3v) is 3.99. The van der Waals surface area contributed by atoms with Crippen LogP contribution in [0.4, 0.5) is 5.69 Å². The Morgan fingerprint density at radius 2 is 1.95 bits per heavy atom. The second-order valence-electron chi connectivity index (χ2n) is 5.58. The Morgan fingerprint density at radius 1 is 1.24 bits per heavy atom. The van der Waals surface area contributed by atoms with Crippen LogP contribution in [0.2, 0.25) is 0 Å². The van der Waals surface area contributed by atoms with Crippen molar-refractivity contribution in [2.75, 3.05) is 38.6 Å². The molecule has 1 aliphatic heterocycles. The molecule has 1 aromatic carbocycles. The van der Waals surface area contributed by atoms with E-state index in [0.717, 1.165) is 25.1 Å². The summed E-state index contributed by atoms with van der Waals surface area (Å²) in [6, 6.07) is 10.2. The van der Waals surface area contributed by atoms with Crippen molar-refractivity contribution in [2.24, 2.45) is 5.73 Å². The van der Waals surface area contributed by atoms with E-state index < -0.39 is 0 Å². The summed E-state index contributed by atoms with van der Waals surface area (Å²) in [5.74, 6) is 0.0624. The van der Waals surface area contributed by atoms with Crippen molar-refractivity contribution < 1.29 is 9.53 Å². The van der Waals surface area contributed by atoms with Gasteiger partial charge in [-0.15, -0.1) is 0 Å². The predicted molar refractivity (Wildman–Crippen MR) is 84.3 cm³/mol. The molecular formula is C16H25N3O2. The van der Waals surface area contributed by atoms with Crippen molar-refractivity contribution in [2.45, 2.75) is 25.0 Å². The summed E-state index contributed by atoms with van der Waals surface area (Å²) in [4.78, 5) is 16.2. The van der Waals surface area contributed by atoms with Gasteiger partial charge in [0.1, 0.15) is 6.10 Å². The first kappa shape index (κ1) is 15.8. The van der Waals surface area contributed by atoms with Gasteiger partial charge >= 0.3 is 0 Å². The van der Waals surface area contributed by atoms with Gasteiger partial charge in [0.2, 0.25) is 0 Å². The lowest BCUT2D eigenvalue weighted by atomic mass is 10.2. The smallest absolute Gasteiger partial charge is 0.251 e. The molecule has 1 amide bonds. The zero-order chi connectivity index (χ0) is 15.2. The van der Waals surface area contributed by atoms with Crippen molar-refractivity contribution in [1.82, 2.24) is 4.90 Å². The number of carbonyl (C=O) groups is 1. The van der Waals surface area contributed by atoms with E-state index in [9.17, 15) is 4.79 Å². The quantitative estimate of drug-likeness (QED) is 0.852. The average molecular weight is 291 g/mol. The van der Waals surface area contributed by atoms with E-state index in [-0.39, 0.29) is 18.1 Å². The zero-order valence-corrected chi connectivity index (χ0v) is 12.9. The lowest BCUT2D eigenvalue weighted by Gasteiger charge is -2.25. The number of para-hydroxylation sites is 1. The molecule has 0 radical (unpaired) electrons. The van der Waals surface area contributed by atoms with E-state index in [2.05, 4.69) is 17.0 Å². The Labute approximate surface area is 126 Å². The van der Waals surface area contributed by atoms with Crippen molar-refractivity contribution in [3.8, 4) is 0 Å². The molecule has 0 bridgehead atoms. The minimum atomic E-state index is -0.314. The number of hydrogen-bond acceptors (Lipinski definition) is 4. The first-order chi connectivity index (χ1) is 10.1. The molecule has 1 aliphatic rings. The summed E-state index contributed by atoms with van der Waals surface area (Å²) in [5, 5.41) is 0. The highest BCUT2D eigenvalue weighted by Gasteiger charge is 2.31. The highest BCUT2D eigenvalue weighted by Crippen LogP contribution is 2.20. The Balaban J connectivity index is 1.79. The molecule has 0 saturated carbocycles. The second kappa shape index (κ2) is 7.43. The molecule has 2 N–H and O–H groups in total. The topological polar surface area (TPSA) is 58.8 Å². The number of benzene rings is 1. The van der Waals surface area contributed by atoms with Gasteiger partial charge in [-0.1, -0.05) is 18.2 Å². The molecule has 0 aromatic heterocycles. The number of hydrogen-bond donors (Lipinski definition) is 1. The highest BCUT2D eigenvalue weighted by atomic mass is 16.5. The summed E-state index contributed by atoms with van der Waals surface area (Å²) in [6.07, 6.45) is 1.38. The lowest BCUT2D eigenvalue weighted by molar-refractivity contribution is -0.141. The van der Waals surface area contributed by atoms with E-state index in [4.69, 9.17) is 10.5 Å². The minimum Gasteiger partial charge on any atom is -0.373 e. The van der Waals surface area contributed by atoms with Crippen LogP contribution in [0, 0.1) is 0 Å². The van der Waals surface area contributed by atoms with Crippen LogP contribution in [0.3, 0.4) is 0 Å². The SMILES string of the molecule is CN(CCN(C)c1ccccc1)C(=O)[C@@H]1CC[C@H](CN)O1. The fourth-order valence-corrected chi connectivity index (χ4v) is 2.53. The lowest BCUT2D eigenvalue weighted by Crippen LogP contribution is -2.40. The van der Waals surface area contributed by atoms with Crippen LogP contribution < -0.4 is 10.6 Å². The monoisotopic (exact) mass is 291 g/mol. The average Bonchev–Trinajstić information content (AvgIpc) is 3.01. The largest absolute Gasteiger partial charge is 0.373 e. The zero-order valence-electron chi connectivity index (χ0n) is 12.9. The maximum Gasteiger partial charge on any atom is 0.251 e. The Hall–Kier alpha value is -1.59. The molecule has 5 heteroatoms. The van der Waals surface area contributed by atoms with Crippen molar-refractivity contribution in [1.29, 1.82) is 0 Å². The number of amides is 1. The van der Waals surface area contributed by atoms with Gasteiger partial charge in [-0.3, -0.25) is 4.79 Å². The van der Waals surface area contributed by atoms with Crippen LogP contribution in [-0.4, -0.2) is 56.7 Å². The molecule has 0 aliphatic carbocycles. The van der Waals surface area contributed by atoms with E-state index in [0.29, 0.717) is 13.1 Å². The minimum absolute atomic E-state index is 0.0411. The van der Waals surface area contributed by atoms with E-state index in [1.165, 1.54) is 0 Å². The summed E-state index contributed by atoms with van der Waals surface area (Å²) in [7, 11) is 3.87. The Bertz CT molecular complexity index is 452. The molecule has 1 fully saturated rings. The number of anilines is 1. The van der Waals surface area contributed by atoms with Crippen LogP contribution in [0.1, 0.15) is 12.8 Å². The Kier molecular flexibility index (Phi) is 5.59. The number of rotatable bonds is 6. The van der Waals surface area contributed by atoms with Crippen LogP contribution in [-0.2, 0) is 9.53 Å². The Morgan fingerprint density at radius 3 is 2.57 bits per heavy atom. The second-order valence-corrected chi connectivity index (χ2v) is 5.58. The fraction of sp³-hybridized carbons (Fsp3) is 0.562. The highest BCUT2D eigenvalue weighted by molar-refractivity contribution is 5.81. The van der Waals surface area contributed by atoms with Gasteiger partial charge in [0, 0.05) is 39.4 Å². The van der Waals surface area contributed by atoms with E-state index >= 15 is 0 Å². The van der Waals surface area contributed by atoms with E-state index in [1.807, 2.05) is 32.3 Å². The third-order valence-electron chi connectivity index (χ3n) is 3.99. The molecule has 116 valence electrons. The normalized spacial score (nSPS) is 21.3. The summed E-state index contributed by atoms with van der Waals surface area (Å²) in [5.41, 5.74) is 6.73. The van der Waals surface area contributed by atoms with Crippen molar-refractivity contribution >= 4 is 11.6 Å². The van der Waals surface area contributed by atoms with Crippen molar-refractivity contribution in [3.63, 3.8) is 0 Å². The summed E-state index contributed by atoms with van der Waals surface area (Å²) in [6.45, 7) is 1.96. The summed E-state index contributed by atoms with van der Waals surface area (Å²) >= 11 is 0. The van der Waals surface area contributed by atoms with Gasteiger partial charge < -0.3 is 20.3 Å². The number of carbonyl (C=O) groups excluding carboxylic acids is 1. The third kappa shape index (κ3) is 4.19. The van der Waals surface area contributed by atoms with Crippen LogP contribution in [0.5, 0.6) is 0 Å². The molecule has 2 atom stereocenters. The molecule has 1 saturated heterocycles. The molecule has 1 heterocycles. The molecular weight excluding hydrogens is 266 g/mol. The van der Waals surface area contributed by atoms with E-state index in [1.54, 1.807) is 4.90 Å². The standard InChI is InChI=1S/C16H25N3O2/c1-18(13-6-4-3-5-7-13)10-11-19(2)16(20)15-9-8-14(12-17)21-15/h3-7,14-15H,8-12,17H2,1-2H3/t14-,15+/m1/s1. The first-order valence-electron chi connectivity index (χ1n) is 7.48. The molecule has 0 unspecified atom stereocenters.